The predicted octanol–water partition coefficient (Wildman–Crippen LogP) is 4.37. The number of benzene rings is 2. The monoisotopic (exact) mass is 405 g/mol. The fourth-order valence-electron chi connectivity index (χ4n) is 2.89. The highest BCUT2D eigenvalue weighted by atomic mass is 79.9. The van der Waals surface area contributed by atoms with Crippen LogP contribution in [0.5, 0.6) is 0 Å². The molecular formula is C18H20BrN3O3. The van der Waals surface area contributed by atoms with Crippen LogP contribution in [-0.2, 0) is 4.74 Å². The number of nitro groups is 1. The normalized spacial score (nSPS) is 15.7. The molecule has 0 aromatic heterocycles. The van der Waals surface area contributed by atoms with E-state index in [1.807, 2.05) is 37.3 Å². The number of halogens is 1. The van der Waals surface area contributed by atoms with Crippen molar-refractivity contribution in [3.05, 3.63) is 62.6 Å². The highest BCUT2D eigenvalue weighted by Gasteiger charge is 2.19. The third-order valence-electron chi connectivity index (χ3n) is 4.30. The molecule has 1 fully saturated rings. The molecule has 2 aromatic rings. The Labute approximate surface area is 155 Å². The molecule has 0 spiro atoms. The second-order valence-corrected chi connectivity index (χ2v) is 6.89. The molecule has 0 radical (unpaired) electrons. The van der Waals surface area contributed by atoms with Crippen LogP contribution in [0.25, 0.3) is 0 Å². The van der Waals surface area contributed by atoms with Crippen LogP contribution in [0.15, 0.2) is 46.9 Å². The molecule has 0 amide bonds. The lowest BCUT2D eigenvalue weighted by Crippen LogP contribution is -2.36. The van der Waals surface area contributed by atoms with Gasteiger partial charge in [0.25, 0.3) is 5.69 Å². The minimum atomic E-state index is -0.347. The van der Waals surface area contributed by atoms with Crippen molar-refractivity contribution < 1.29 is 9.66 Å². The van der Waals surface area contributed by atoms with E-state index in [9.17, 15) is 10.1 Å². The van der Waals surface area contributed by atoms with E-state index in [2.05, 4.69) is 26.1 Å². The Hall–Kier alpha value is -2.12. The molecule has 1 heterocycles. The minimum Gasteiger partial charge on any atom is -0.378 e. The van der Waals surface area contributed by atoms with Gasteiger partial charge in [0.15, 0.2) is 0 Å². The van der Waals surface area contributed by atoms with Gasteiger partial charge in [0.1, 0.15) is 5.69 Å². The summed E-state index contributed by atoms with van der Waals surface area (Å²) >= 11 is 3.42. The van der Waals surface area contributed by atoms with Crippen LogP contribution in [0, 0.1) is 10.1 Å². The Balaban J connectivity index is 1.86. The van der Waals surface area contributed by atoms with Crippen LogP contribution in [-0.4, -0.2) is 31.2 Å². The summed E-state index contributed by atoms with van der Waals surface area (Å²) in [7, 11) is 0. The number of ether oxygens (including phenoxy) is 1. The first-order valence-corrected chi connectivity index (χ1v) is 8.97. The molecule has 1 aliphatic rings. The van der Waals surface area contributed by atoms with Gasteiger partial charge in [-0.1, -0.05) is 28.1 Å². The molecule has 132 valence electrons. The zero-order valence-corrected chi connectivity index (χ0v) is 15.5. The van der Waals surface area contributed by atoms with Crippen LogP contribution < -0.4 is 10.2 Å². The van der Waals surface area contributed by atoms with E-state index in [1.165, 1.54) is 0 Å². The maximum atomic E-state index is 11.4. The lowest BCUT2D eigenvalue weighted by molar-refractivity contribution is -0.384. The van der Waals surface area contributed by atoms with Crippen molar-refractivity contribution in [1.29, 1.82) is 0 Å². The number of rotatable bonds is 5. The summed E-state index contributed by atoms with van der Waals surface area (Å²) < 4.78 is 6.38. The lowest BCUT2D eigenvalue weighted by atomic mass is 10.1. The number of hydrogen-bond acceptors (Lipinski definition) is 5. The van der Waals surface area contributed by atoms with Crippen molar-refractivity contribution in [2.45, 2.75) is 13.0 Å². The van der Waals surface area contributed by atoms with Crippen molar-refractivity contribution in [2.75, 3.05) is 36.5 Å². The highest BCUT2D eigenvalue weighted by molar-refractivity contribution is 9.10. The van der Waals surface area contributed by atoms with Crippen LogP contribution >= 0.6 is 15.9 Å². The molecular weight excluding hydrogens is 386 g/mol. The molecule has 0 bridgehead atoms. The van der Waals surface area contributed by atoms with Gasteiger partial charge in [-0.15, -0.1) is 0 Å². The first-order chi connectivity index (χ1) is 12.0. The molecule has 1 saturated heterocycles. The van der Waals surface area contributed by atoms with Gasteiger partial charge in [-0.2, -0.15) is 0 Å². The Morgan fingerprint density at radius 1 is 1.20 bits per heavy atom. The Morgan fingerprint density at radius 3 is 2.52 bits per heavy atom. The fraction of sp³-hybridized carbons (Fsp3) is 0.333. The van der Waals surface area contributed by atoms with Gasteiger partial charge in [0.2, 0.25) is 0 Å². The van der Waals surface area contributed by atoms with Crippen molar-refractivity contribution >= 4 is 33.0 Å². The topological polar surface area (TPSA) is 67.6 Å². The molecule has 1 N–H and O–H groups in total. The summed E-state index contributed by atoms with van der Waals surface area (Å²) in [6, 6.07) is 13.1. The van der Waals surface area contributed by atoms with Crippen molar-refractivity contribution in [2.24, 2.45) is 0 Å². The maximum Gasteiger partial charge on any atom is 0.292 e. The fourth-order valence-corrected chi connectivity index (χ4v) is 3.15. The van der Waals surface area contributed by atoms with Gasteiger partial charge in [-0.25, -0.2) is 0 Å². The van der Waals surface area contributed by atoms with E-state index in [4.69, 9.17) is 4.74 Å². The summed E-state index contributed by atoms with van der Waals surface area (Å²) in [5, 5.41) is 14.7. The number of nitrogens with zero attached hydrogens (tertiary/aromatic N) is 2. The molecule has 0 saturated carbocycles. The van der Waals surface area contributed by atoms with Gasteiger partial charge >= 0.3 is 0 Å². The van der Waals surface area contributed by atoms with E-state index in [0.29, 0.717) is 18.9 Å². The van der Waals surface area contributed by atoms with Crippen LogP contribution in [0.2, 0.25) is 0 Å². The third-order valence-corrected chi connectivity index (χ3v) is 4.82. The maximum absolute atomic E-state index is 11.4. The largest absolute Gasteiger partial charge is 0.378 e. The van der Waals surface area contributed by atoms with Crippen molar-refractivity contribution in [3.63, 3.8) is 0 Å². The molecule has 25 heavy (non-hydrogen) atoms. The van der Waals surface area contributed by atoms with E-state index in [1.54, 1.807) is 12.1 Å². The molecule has 1 aliphatic heterocycles. The molecule has 1 atom stereocenters. The third kappa shape index (κ3) is 4.29. The average molecular weight is 406 g/mol. The zero-order chi connectivity index (χ0) is 17.8. The second kappa shape index (κ2) is 7.84. The summed E-state index contributed by atoms with van der Waals surface area (Å²) in [6.45, 7) is 4.93. The smallest absolute Gasteiger partial charge is 0.292 e. The Kier molecular flexibility index (Phi) is 5.55. The van der Waals surface area contributed by atoms with E-state index < -0.39 is 0 Å². The van der Waals surface area contributed by atoms with E-state index >= 15 is 0 Å². The SMILES string of the molecule is CC(Nc1cc(N2CCOCC2)ccc1[N+](=O)[O-])c1ccc(Br)cc1. The van der Waals surface area contributed by atoms with Gasteiger partial charge in [-0.05, 0) is 36.8 Å². The number of nitrogens with one attached hydrogen (secondary N) is 1. The average Bonchev–Trinajstić information content (AvgIpc) is 2.62. The summed E-state index contributed by atoms with van der Waals surface area (Å²) in [4.78, 5) is 13.2. The summed E-state index contributed by atoms with van der Waals surface area (Å²) in [6.07, 6.45) is 0. The second-order valence-electron chi connectivity index (χ2n) is 5.98. The van der Waals surface area contributed by atoms with Gasteiger partial charge in [0, 0.05) is 35.4 Å². The summed E-state index contributed by atoms with van der Waals surface area (Å²) in [5.74, 6) is 0. The number of hydrogen-bond donors (Lipinski definition) is 1. The first kappa shape index (κ1) is 17.7. The van der Waals surface area contributed by atoms with Gasteiger partial charge in [-0.3, -0.25) is 10.1 Å². The van der Waals surface area contributed by atoms with Crippen molar-refractivity contribution in [3.8, 4) is 0 Å². The van der Waals surface area contributed by atoms with Crippen LogP contribution in [0.3, 0.4) is 0 Å². The molecule has 3 rings (SSSR count). The minimum absolute atomic E-state index is 0.0493. The summed E-state index contributed by atoms with van der Waals surface area (Å²) in [5.41, 5.74) is 2.65. The standard InChI is InChI=1S/C18H20BrN3O3/c1-13(14-2-4-15(19)5-3-14)20-17-12-16(6-7-18(17)22(23)24)21-8-10-25-11-9-21/h2-7,12-13,20H,8-11H2,1H3. The molecule has 7 heteroatoms. The van der Waals surface area contributed by atoms with Crippen molar-refractivity contribution in [1.82, 2.24) is 0 Å². The number of morpholine rings is 1. The Bertz CT molecular complexity index is 746. The van der Waals surface area contributed by atoms with Gasteiger partial charge < -0.3 is 15.0 Å². The lowest BCUT2D eigenvalue weighted by Gasteiger charge is -2.29. The first-order valence-electron chi connectivity index (χ1n) is 8.18. The predicted molar refractivity (Wildman–Crippen MR) is 102 cm³/mol. The van der Waals surface area contributed by atoms with Crippen LogP contribution in [0.1, 0.15) is 18.5 Å². The molecule has 6 nitrogen and oxygen atoms in total. The molecule has 2 aromatic carbocycles. The molecule has 0 aliphatic carbocycles. The van der Waals surface area contributed by atoms with E-state index in [-0.39, 0.29) is 16.7 Å². The van der Waals surface area contributed by atoms with Crippen LogP contribution in [0.4, 0.5) is 17.1 Å². The number of anilines is 2. The molecule has 1 unspecified atom stereocenters. The quantitative estimate of drug-likeness (QED) is 0.590. The Morgan fingerprint density at radius 2 is 1.88 bits per heavy atom. The highest BCUT2D eigenvalue weighted by Crippen LogP contribution is 2.32. The number of nitro benzene ring substituents is 1. The van der Waals surface area contributed by atoms with E-state index in [0.717, 1.165) is 28.8 Å². The van der Waals surface area contributed by atoms with Gasteiger partial charge in [0.05, 0.1) is 18.1 Å². The zero-order valence-electron chi connectivity index (χ0n) is 13.9.